The highest BCUT2D eigenvalue weighted by Crippen LogP contribution is 2.40. The van der Waals surface area contributed by atoms with Crippen molar-refractivity contribution >= 4 is 11.9 Å². The summed E-state index contributed by atoms with van der Waals surface area (Å²) in [5.41, 5.74) is -0.546. The zero-order chi connectivity index (χ0) is 17.7. The van der Waals surface area contributed by atoms with Gasteiger partial charge >= 0.3 is 5.97 Å². The Bertz CT molecular complexity index is 503. The molecule has 0 saturated carbocycles. The van der Waals surface area contributed by atoms with E-state index >= 15 is 0 Å². The molecule has 2 heterocycles. The van der Waals surface area contributed by atoms with Crippen molar-refractivity contribution in [2.24, 2.45) is 17.3 Å². The summed E-state index contributed by atoms with van der Waals surface area (Å²) in [7, 11) is 0. The number of hydrogen-bond donors (Lipinski definition) is 0. The molecule has 0 N–H and O–H groups in total. The van der Waals surface area contributed by atoms with Gasteiger partial charge in [0.25, 0.3) is 0 Å². The van der Waals surface area contributed by atoms with E-state index in [2.05, 4.69) is 10.8 Å². The zero-order valence-electron chi connectivity index (χ0n) is 15.2. The maximum absolute atomic E-state index is 12.9. The van der Waals surface area contributed by atoms with E-state index < -0.39 is 5.41 Å². The molecule has 0 radical (unpaired) electrons. The second kappa shape index (κ2) is 8.02. The van der Waals surface area contributed by atoms with Crippen LogP contribution in [0.1, 0.15) is 40.0 Å². The lowest BCUT2D eigenvalue weighted by molar-refractivity contribution is -0.158. The number of esters is 1. The normalized spacial score (nSPS) is 25.7. The topological polar surface area (TPSA) is 49.9 Å². The molecule has 24 heavy (non-hydrogen) atoms. The first-order chi connectivity index (χ1) is 11.4. The predicted molar refractivity (Wildman–Crippen MR) is 93.1 cm³/mol. The molecule has 0 aromatic rings. The quantitative estimate of drug-likeness (QED) is 0.568. The molecule has 2 rings (SSSR count). The summed E-state index contributed by atoms with van der Waals surface area (Å²) in [4.78, 5) is 29.5. The van der Waals surface area contributed by atoms with Crippen molar-refractivity contribution in [3.63, 3.8) is 0 Å². The zero-order valence-corrected chi connectivity index (χ0v) is 15.2. The third-order valence-electron chi connectivity index (χ3n) is 5.65. The van der Waals surface area contributed by atoms with Crippen molar-refractivity contribution in [3.8, 4) is 12.3 Å². The molecule has 5 heteroatoms. The van der Waals surface area contributed by atoms with Crippen molar-refractivity contribution in [1.82, 2.24) is 9.80 Å². The third kappa shape index (κ3) is 3.75. The Labute approximate surface area is 145 Å². The smallest absolute Gasteiger partial charge is 0.314 e. The summed E-state index contributed by atoms with van der Waals surface area (Å²) >= 11 is 0. The lowest BCUT2D eigenvalue weighted by atomic mass is 9.76. The van der Waals surface area contributed by atoms with E-state index in [9.17, 15) is 9.59 Å². The number of rotatable bonds is 5. The summed E-state index contributed by atoms with van der Waals surface area (Å²) in [6.07, 6.45) is 7.76. The van der Waals surface area contributed by atoms with Crippen molar-refractivity contribution < 1.29 is 14.3 Å². The van der Waals surface area contributed by atoms with Gasteiger partial charge in [-0.15, -0.1) is 6.42 Å². The number of nitrogens with zero attached hydrogens (tertiary/aromatic N) is 2. The monoisotopic (exact) mass is 334 g/mol. The number of carbonyl (C=O) groups is 2. The molecule has 0 unspecified atom stereocenters. The second-order valence-electron chi connectivity index (χ2n) is 7.30. The Kier molecular flexibility index (Phi) is 6.28. The molecule has 1 amide bonds. The molecule has 2 fully saturated rings. The Morgan fingerprint density at radius 1 is 1.29 bits per heavy atom. The number of amides is 1. The van der Waals surface area contributed by atoms with E-state index in [4.69, 9.17) is 11.2 Å². The van der Waals surface area contributed by atoms with Crippen molar-refractivity contribution in [1.29, 1.82) is 0 Å². The minimum Gasteiger partial charge on any atom is -0.466 e. The fourth-order valence-electron chi connectivity index (χ4n) is 3.89. The lowest BCUT2D eigenvalue weighted by Gasteiger charge is -2.34. The van der Waals surface area contributed by atoms with E-state index in [0.717, 1.165) is 25.9 Å². The number of piperidine rings is 1. The fourth-order valence-corrected chi connectivity index (χ4v) is 3.89. The first kappa shape index (κ1) is 18.8. The van der Waals surface area contributed by atoms with Crippen LogP contribution in [0.5, 0.6) is 0 Å². The Morgan fingerprint density at radius 3 is 2.50 bits per heavy atom. The van der Waals surface area contributed by atoms with Gasteiger partial charge in [0.1, 0.15) is 0 Å². The number of terminal acetylenes is 1. The average molecular weight is 334 g/mol. The van der Waals surface area contributed by atoms with Crippen LogP contribution in [0.3, 0.4) is 0 Å². The SMILES string of the molecule is C#CCN1CCC(C(=O)N2CC[C@@](C(=O)OCC)(C(C)C)C2)CC1. The molecule has 2 aliphatic heterocycles. The molecule has 0 aromatic heterocycles. The molecule has 0 aromatic carbocycles. The Morgan fingerprint density at radius 2 is 1.96 bits per heavy atom. The van der Waals surface area contributed by atoms with E-state index in [1.54, 1.807) is 0 Å². The van der Waals surface area contributed by atoms with E-state index in [-0.39, 0.29) is 23.7 Å². The first-order valence-corrected chi connectivity index (χ1v) is 9.06. The van der Waals surface area contributed by atoms with Gasteiger partial charge in [-0.2, -0.15) is 0 Å². The van der Waals surface area contributed by atoms with Crippen LogP contribution in [0.4, 0.5) is 0 Å². The minimum absolute atomic E-state index is 0.0594. The van der Waals surface area contributed by atoms with E-state index in [0.29, 0.717) is 32.7 Å². The molecule has 0 spiro atoms. The van der Waals surface area contributed by atoms with Crippen LogP contribution in [0.25, 0.3) is 0 Å². The molecule has 1 atom stereocenters. The van der Waals surface area contributed by atoms with Gasteiger partial charge in [0, 0.05) is 19.0 Å². The maximum Gasteiger partial charge on any atom is 0.314 e. The second-order valence-corrected chi connectivity index (χ2v) is 7.30. The summed E-state index contributed by atoms with van der Waals surface area (Å²) in [5.74, 6) is 2.92. The molecule has 0 bridgehead atoms. The van der Waals surface area contributed by atoms with Gasteiger partial charge in [0.2, 0.25) is 5.91 Å². The number of likely N-dealkylation sites (tertiary alicyclic amines) is 2. The Hall–Kier alpha value is -1.54. The van der Waals surface area contributed by atoms with Crippen molar-refractivity contribution in [2.75, 3.05) is 39.3 Å². The van der Waals surface area contributed by atoms with Gasteiger partial charge in [0.05, 0.1) is 18.6 Å². The van der Waals surface area contributed by atoms with Crippen LogP contribution in [0, 0.1) is 29.6 Å². The van der Waals surface area contributed by atoms with E-state index in [1.807, 2.05) is 25.7 Å². The molecule has 5 nitrogen and oxygen atoms in total. The molecular weight excluding hydrogens is 304 g/mol. The van der Waals surface area contributed by atoms with Crippen LogP contribution in [-0.2, 0) is 14.3 Å². The standard InChI is InChI=1S/C19H30N2O3/c1-5-10-20-11-7-16(8-12-20)17(22)21-13-9-19(14-21,15(3)4)18(23)24-6-2/h1,15-16H,6-14H2,2-4H3/t19-/m0/s1. The maximum atomic E-state index is 12.9. The number of hydrogen-bond acceptors (Lipinski definition) is 4. The number of carbonyl (C=O) groups excluding carboxylic acids is 2. The van der Waals surface area contributed by atoms with E-state index in [1.165, 1.54) is 0 Å². The fraction of sp³-hybridized carbons (Fsp3) is 0.789. The van der Waals surface area contributed by atoms with Crippen LogP contribution in [0.15, 0.2) is 0 Å². The molecule has 2 aliphatic rings. The van der Waals surface area contributed by atoms with Gasteiger partial charge in [-0.3, -0.25) is 14.5 Å². The van der Waals surface area contributed by atoms with Crippen molar-refractivity contribution in [2.45, 2.75) is 40.0 Å². The summed E-state index contributed by atoms with van der Waals surface area (Å²) < 4.78 is 5.30. The van der Waals surface area contributed by atoms with Crippen molar-refractivity contribution in [3.05, 3.63) is 0 Å². The van der Waals surface area contributed by atoms with Gasteiger partial charge in [0.15, 0.2) is 0 Å². The Balaban J connectivity index is 1.98. The van der Waals surface area contributed by atoms with Gasteiger partial charge in [-0.05, 0) is 45.2 Å². The first-order valence-electron chi connectivity index (χ1n) is 9.06. The van der Waals surface area contributed by atoms with Crippen LogP contribution in [-0.4, -0.2) is 61.0 Å². The third-order valence-corrected chi connectivity index (χ3v) is 5.65. The van der Waals surface area contributed by atoms with Crippen LogP contribution < -0.4 is 0 Å². The van der Waals surface area contributed by atoms with Gasteiger partial charge in [-0.25, -0.2) is 0 Å². The average Bonchev–Trinajstić information content (AvgIpc) is 3.02. The highest BCUT2D eigenvalue weighted by Gasteiger charge is 2.50. The van der Waals surface area contributed by atoms with Crippen LogP contribution >= 0.6 is 0 Å². The largest absolute Gasteiger partial charge is 0.466 e. The van der Waals surface area contributed by atoms with Gasteiger partial charge in [-0.1, -0.05) is 19.8 Å². The lowest BCUT2D eigenvalue weighted by Crippen LogP contribution is -2.45. The van der Waals surface area contributed by atoms with Gasteiger partial charge < -0.3 is 9.64 Å². The summed E-state index contributed by atoms with van der Waals surface area (Å²) in [6, 6.07) is 0. The minimum atomic E-state index is -0.546. The molecule has 0 aliphatic carbocycles. The predicted octanol–water partition coefficient (Wildman–Crippen LogP) is 1.77. The number of ether oxygens (including phenoxy) is 1. The highest BCUT2D eigenvalue weighted by molar-refractivity contribution is 5.83. The highest BCUT2D eigenvalue weighted by atomic mass is 16.5. The summed E-state index contributed by atoms with van der Waals surface area (Å²) in [5, 5.41) is 0. The van der Waals surface area contributed by atoms with Crippen LogP contribution in [0.2, 0.25) is 0 Å². The molecular formula is C19H30N2O3. The molecule has 134 valence electrons. The molecule has 2 saturated heterocycles. The summed E-state index contributed by atoms with van der Waals surface area (Å²) in [6.45, 7) is 9.86.